The Morgan fingerprint density at radius 3 is 2.43 bits per heavy atom. The molecule has 6 heteroatoms. The van der Waals surface area contributed by atoms with Crippen LogP contribution in [0, 0.1) is 0 Å². The average Bonchev–Trinajstić information content (AvgIpc) is 3.02. The van der Waals surface area contributed by atoms with Crippen LogP contribution in [0.4, 0.5) is 0 Å². The summed E-state index contributed by atoms with van der Waals surface area (Å²) >= 11 is 6.54. The van der Waals surface area contributed by atoms with Crippen LogP contribution in [-0.2, 0) is 4.79 Å². The van der Waals surface area contributed by atoms with Gasteiger partial charge in [-0.1, -0.05) is 24.3 Å². The Hall–Kier alpha value is -2.31. The molecule has 23 heavy (non-hydrogen) atoms. The minimum absolute atomic E-state index is 0.0496. The number of rotatable bonds is 5. The molecular weight excluding hydrogens is 328 g/mol. The first-order chi connectivity index (χ1) is 11.0. The van der Waals surface area contributed by atoms with E-state index in [1.165, 1.54) is 0 Å². The summed E-state index contributed by atoms with van der Waals surface area (Å²) < 4.78 is 0. The van der Waals surface area contributed by atoms with E-state index in [-0.39, 0.29) is 5.78 Å². The summed E-state index contributed by atoms with van der Waals surface area (Å²) in [5.74, 6) is 0.0496. The van der Waals surface area contributed by atoms with E-state index >= 15 is 0 Å². The second kappa shape index (κ2) is 7.80. The molecular formula is C17H16N2O2S2. The first-order valence-electron chi connectivity index (χ1n) is 6.90. The van der Waals surface area contributed by atoms with Crippen LogP contribution < -0.4 is 10.6 Å². The molecule has 1 heterocycles. The van der Waals surface area contributed by atoms with E-state index < -0.39 is 0 Å². The highest BCUT2D eigenvalue weighted by molar-refractivity contribution is 7.80. The smallest absolute Gasteiger partial charge is 0.170 e. The van der Waals surface area contributed by atoms with Gasteiger partial charge >= 0.3 is 0 Å². The largest absolute Gasteiger partial charge is 0.366 e. The molecule has 2 aromatic rings. The summed E-state index contributed by atoms with van der Waals surface area (Å²) in [4.78, 5) is 24.4. The van der Waals surface area contributed by atoms with Crippen LogP contribution in [0.2, 0.25) is 0 Å². The van der Waals surface area contributed by atoms with Gasteiger partial charge in [0.05, 0.1) is 5.70 Å². The Labute approximate surface area is 144 Å². The number of carbonyl (C=O) groups excluding carboxylic acids is 2. The van der Waals surface area contributed by atoms with Crippen molar-refractivity contribution in [2.75, 3.05) is 7.05 Å². The van der Waals surface area contributed by atoms with Gasteiger partial charge in [-0.05, 0) is 42.9 Å². The molecule has 0 aliphatic heterocycles. The fourth-order valence-electron chi connectivity index (χ4n) is 1.90. The van der Waals surface area contributed by atoms with Crippen molar-refractivity contribution < 1.29 is 9.59 Å². The van der Waals surface area contributed by atoms with E-state index in [0.29, 0.717) is 16.4 Å². The molecule has 0 bridgehead atoms. The van der Waals surface area contributed by atoms with Crippen molar-refractivity contribution in [3.63, 3.8) is 0 Å². The zero-order chi connectivity index (χ0) is 16.8. The van der Waals surface area contributed by atoms with Gasteiger partial charge in [-0.3, -0.25) is 9.59 Å². The van der Waals surface area contributed by atoms with Crippen LogP contribution in [0.3, 0.4) is 0 Å². The van der Waals surface area contributed by atoms with E-state index in [1.54, 1.807) is 31.4 Å². The number of hydrogen-bond donors (Lipinski definition) is 2. The molecule has 0 atom stereocenters. The number of benzene rings is 1. The number of thiocarbonyl (C=S) groups is 1. The van der Waals surface area contributed by atoms with Gasteiger partial charge < -0.3 is 10.6 Å². The minimum atomic E-state index is 0.0496. The van der Waals surface area contributed by atoms with Gasteiger partial charge in [-0.2, -0.15) is 0 Å². The quantitative estimate of drug-likeness (QED) is 0.377. The van der Waals surface area contributed by atoms with Crippen molar-refractivity contribution >= 4 is 46.8 Å². The second-order valence-electron chi connectivity index (χ2n) is 4.76. The van der Waals surface area contributed by atoms with Gasteiger partial charge in [0.15, 0.2) is 17.2 Å². The molecule has 4 nitrogen and oxygen atoms in total. The lowest BCUT2D eigenvalue weighted by atomic mass is 10.1. The van der Waals surface area contributed by atoms with Gasteiger partial charge in [-0.25, -0.2) is 0 Å². The van der Waals surface area contributed by atoms with Crippen LogP contribution in [-0.4, -0.2) is 24.2 Å². The number of carbonyl (C=O) groups is 2. The first-order valence-corrected chi connectivity index (χ1v) is 8.13. The number of aldehydes is 1. The van der Waals surface area contributed by atoms with E-state index in [1.807, 2.05) is 36.4 Å². The highest BCUT2D eigenvalue weighted by Crippen LogP contribution is 2.29. The Balaban J connectivity index is 2.21. The van der Waals surface area contributed by atoms with E-state index in [0.717, 1.165) is 21.6 Å². The molecule has 0 aliphatic rings. The zero-order valence-electron chi connectivity index (χ0n) is 12.8. The molecule has 2 N–H and O–H groups in total. The predicted molar refractivity (Wildman–Crippen MR) is 98.6 cm³/mol. The number of ketones is 1. The van der Waals surface area contributed by atoms with E-state index in [4.69, 9.17) is 12.2 Å². The summed E-state index contributed by atoms with van der Waals surface area (Å²) in [6.07, 6.45) is 2.47. The highest BCUT2D eigenvalue weighted by Gasteiger charge is 2.05. The van der Waals surface area contributed by atoms with E-state index in [2.05, 4.69) is 10.6 Å². The monoisotopic (exact) mass is 344 g/mol. The molecule has 0 saturated heterocycles. The maximum atomic E-state index is 11.3. The molecule has 0 saturated carbocycles. The third kappa shape index (κ3) is 4.58. The molecule has 1 aromatic carbocycles. The van der Waals surface area contributed by atoms with Crippen molar-refractivity contribution in [1.82, 2.24) is 10.6 Å². The van der Waals surface area contributed by atoms with Crippen molar-refractivity contribution in [2.45, 2.75) is 6.92 Å². The number of thiophene rings is 1. The molecule has 0 radical (unpaired) electrons. The SMILES string of the molecule is CNC(=S)N/C(C=O)=C/c1ccc(-c2ccc(C(C)=O)cc2)s1. The summed E-state index contributed by atoms with van der Waals surface area (Å²) in [6.45, 7) is 1.55. The third-order valence-corrected chi connectivity index (χ3v) is 4.50. The van der Waals surface area contributed by atoms with Crippen molar-refractivity contribution in [1.29, 1.82) is 0 Å². The fraction of sp³-hybridized carbons (Fsp3) is 0.118. The maximum Gasteiger partial charge on any atom is 0.170 e. The molecule has 118 valence electrons. The number of hydrogen-bond acceptors (Lipinski definition) is 4. The Kier molecular flexibility index (Phi) is 5.78. The molecule has 0 fully saturated rings. The van der Waals surface area contributed by atoms with Crippen LogP contribution in [0.25, 0.3) is 16.5 Å². The number of allylic oxidation sites excluding steroid dienone is 1. The van der Waals surface area contributed by atoms with Crippen molar-refractivity contribution in [2.24, 2.45) is 0 Å². The molecule has 0 spiro atoms. The Bertz CT molecular complexity index is 761. The topological polar surface area (TPSA) is 58.2 Å². The Morgan fingerprint density at radius 1 is 1.17 bits per heavy atom. The van der Waals surface area contributed by atoms with Crippen LogP contribution in [0.5, 0.6) is 0 Å². The van der Waals surface area contributed by atoms with Gasteiger partial charge in [-0.15, -0.1) is 11.3 Å². The van der Waals surface area contributed by atoms with E-state index in [9.17, 15) is 9.59 Å². The Morgan fingerprint density at radius 2 is 1.87 bits per heavy atom. The van der Waals surface area contributed by atoms with Gasteiger partial charge in [0.25, 0.3) is 0 Å². The molecule has 0 unspecified atom stereocenters. The zero-order valence-corrected chi connectivity index (χ0v) is 14.4. The van der Waals surface area contributed by atoms with Crippen LogP contribution in [0.15, 0.2) is 42.1 Å². The second-order valence-corrected chi connectivity index (χ2v) is 6.28. The summed E-state index contributed by atoms with van der Waals surface area (Å²) in [5.41, 5.74) is 2.12. The van der Waals surface area contributed by atoms with Crippen molar-refractivity contribution in [3.05, 3.63) is 52.5 Å². The minimum Gasteiger partial charge on any atom is -0.366 e. The third-order valence-electron chi connectivity index (χ3n) is 3.11. The lowest BCUT2D eigenvalue weighted by molar-refractivity contribution is -0.105. The van der Waals surface area contributed by atoms with Crippen LogP contribution in [0.1, 0.15) is 22.2 Å². The molecule has 0 amide bonds. The predicted octanol–water partition coefficient (Wildman–Crippen LogP) is 3.25. The van der Waals surface area contributed by atoms with Gasteiger partial charge in [0, 0.05) is 22.4 Å². The fourth-order valence-corrected chi connectivity index (χ4v) is 2.98. The van der Waals surface area contributed by atoms with Crippen molar-refractivity contribution in [3.8, 4) is 10.4 Å². The standard InChI is InChI=1S/C17H16N2O2S2/c1-11(21)12-3-5-13(6-4-12)16-8-7-15(23-16)9-14(10-20)19-17(22)18-2/h3-10H,1-2H3,(H2,18,19,22)/b14-9+. The first kappa shape index (κ1) is 17.1. The van der Waals surface area contributed by atoms with Gasteiger partial charge in [0.2, 0.25) is 0 Å². The summed E-state index contributed by atoms with van der Waals surface area (Å²) in [5, 5.41) is 5.96. The molecule has 1 aromatic heterocycles. The van der Waals surface area contributed by atoms with Crippen LogP contribution >= 0.6 is 23.6 Å². The lowest BCUT2D eigenvalue weighted by Gasteiger charge is -2.05. The van der Waals surface area contributed by atoms with Gasteiger partial charge in [0.1, 0.15) is 0 Å². The maximum absolute atomic E-state index is 11.3. The average molecular weight is 344 g/mol. The number of Topliss-reactive ketones (excluding diaryl/α,β-unsaturated/α-hetero) is 1. The number of nitrogens with one attached hydrogen (secondary N) is 2. The molecule has 0 aliphatic carbocycles. The molecule has 2 rings (SSSR count). The highest BCUT2D eigenvalue weighted by atomic mass is 32.1. The lowest BCUT2D eigenvalue weighted by Crippen LogP contribution is -2.32. The normalized spacial score (nSPS) is 11.0. The summed E-state index contributed by atoms with van der Waals surface area (Å²) in [6, 6.07) is 11.4. The summed E-state index contributed by atoms with van der Waals surface area (Å²) in [7, 11) is 1.69.